The van der Waals surface area contributed by atoms with Gasteiger partial charge in [0.15, 0.2) is 21.3 Å². The molecule has 7 nitrogen and oxygen atoms in total. The molecule has 26 heavy (non-hydrogen) atoms. The third-order valence-corrected chi connectivity index (χ3v) is 6.17. The summed E-state index contributed by atoms with van der Waals surface area (Å²) in [5.74, 6) is 0.950. The first-order valence-electron chi connectivity index (χ1n) is 8.64. The van der Waals surface area contributed by atoms with Crippen LogP contribution in [0.25, 0.3) is 0 Å². The fourth-order valence-corrected chi connectivity index (χ4v) is 4.26. The van der Waals surface area contributed by atoms with E-state index in [4.69, 9.17) is 9.47 Å². The van der Waals surface area contributed by atoms with Gasteiger partial charge in [0.25, 0.3) is 0 Å². The molecule has 1 aromatic carbocycles. The Morgan fingerprint density at radius 2 is 2.00 bits per heavy atom. The quantitative estimate of drug-likeness (QED) is 0.739. The largest absolute Gasteiger partial charge is 0.486 e. The van der Waals surface area contributed by atoms with E-state index in [2.05, 4.69) is 10.6 Å². The maximum Gasteiger partial charge on any atom is 0.221 e. The van der Waals surface area contributed by atoms with Gasteiger partial charge in [-0.25, -0.2) is 8.42 Å². The van der Waals surface area contributed by atoms with Crippen LogP contribution in [-0.4, -0.2) is 52.9 Å². The number of halogens is 1. The van der Waals surface area contributed by atoms with Crippen LogP contribution in [0.1, 0.15) is 19.3 Å². The van der Waals surface area contributed by atoms with Crippen molar-refractivity contribution in [2.75, 3.05) is 38.6 Å². The highest BCUT2D eigenvalue weighted by molar-refractivity contribution is 7.91. The summed E-state index contributed by atoms with van der Waals surface area (Å²) >= 11 is 0. The molecule has 0 radical (unpaired) electrons. The van der Waals surface area contributed by atoms with E-state index in [1.54, 1.807) is 6.07 Å². The number of benzene rings is 1. The molecule has 0 aromatic heterocycles. The molecule has 0 saturated carbocycles. The van der Waals surface area contributed by atoms with E-state index in [1.165, 1.54) is 12.1 Å². The minimum absolute atomic E-state index is 0. The zero-order valence-corrected chi connectivity index (χ0v) is 16.2. The highest BCUT2D eigenvalue weighted by atomic mass is 35.5. The van der Waals surface area contributed by atoms with Crippen LogP contribution in [0.4, 0.5) is 0 Å². The Kier molecular flexibility index (Phi) is 7.55. The number of nitrogens with one attached hydrogen (secondary N) is 2. The highest BCUT2D eigenvalue weighted by Crippen LogP contribution is 2.32. The third-order valence-electron chi connectivity index (χ3n) is 4.46. The van der Waals surface area contributed by atoms with Gasteiger partial charge in [-0.05, 0) is 44.0 Å². The van der Waals surface area contributed by atoms with Crippen molar-refractivity contribution in [2.24, 2.45) is 5.92 Å². The predicted molar refractivity (Wildman–Crippen MR) is 100.0 cm³/mol. The molecule has 1 fully saturated rings. The van der Waals surface area contributed by atoms with Gasteiger partial charge < -0.3 is 20.1 Å². The second kappa shape index (κ2) is 9.43. The Morgan fingerprint density at radius 1 is 1.23 bits per heavy atom. The standard InChI is InChI=1S/C17H24N2O5S.ClH/c20-17(19-12-13-2-1-6-18-11-13)5-9-25(21,22)14-3-4-15-16(10-14)24-8-7-23-15;/h3-4,10,13,18H,1-2,5-9,11-12H2,(H,19,20);1H. The molecule has 1 aromatic rings. The number of amides is 1. The summed E-state index contributed by atoms with van der Waals surface area (Å²) in [4.78, 5) is 12.1. The van der Waals surface area contributed by atoms with E-state index in [0.717, 1.165) is 25.9 Å². The Morgan fingerprint density at radius 3 is 2.73 bits per heavy atom. The first-order chi connectivity index (χ1) is 12.0. The Labute approximate surface area is 160 Å². The van der Waals surface area contributed by atoms with Crippen molar-refractivity contribution < 1.29 is 22.7 Å². The molecule has 0 bridgehead atoms. The summed E-state index contributed by atoms with van der Waals surface area (Å²) in [6.45, 7) is 3.37. The van der Waals surface area contributed by atoms with Crippen molar-refractivity contribution in [2.45, 2.75) is 24.2 Å². The van der Waals surface area contributed by atoms with E-state index in [1.807, 2.05) is 0 Å². The topological polar surface area (TPSA) is 93.7 Å². The molecule has 2 aliphatic rings. The lowest BCUT2D eigenvalue weighted by molar-refractivity contribution is -0.120. The molecular weight excluding hydrogens is 380 g/mol. The number of ether oxygens (including phenoxy) is 2. The molecule has 0 spiro atoms. The second-order valence-corrected chi connectivity index (χ2v) is 8.50. The summed E-state index contributed by atoms with van der Waals surface area (Å²) in [5, 5.41) is 6.13. The van der Waals surface area contributed by atoms with Crippen LogP contribution in [0.3, 0.4) is 0 Å². The summed E-state index contributed by atoms with van der Waals surface area (Å²) in [5.41, 5.74) is 0. The molecule has 0 aliphatic carbocycles. The first-order valence-corrected chi connectivity index (χ1v) is 10.3. The van der Waals surface area contributed by atoms with Crippen molar-refractivity contribution >= 4 is 28.2 Å². The maximum atomic E-state index is 12.4. The molecule has 9 heteroatoms. The fourth-order valence-electron chi connectivity index (χ4n) is 3.01. The van der Waals surface area contributed by atoms with Gasteiger partial charge in [0.05, 0.1) is 10.6 Å². The van der Waals surface area contributed by atoms with E-state index in [9.17, 15) is 13.2 Å². The second-order valence-electron chi connectivity index (χ2n) is 6.39. The summed E-state index contributed by atoms with van der Waals surface area (Å²) in [6, 6.07) is 4.56. The Bertz CT molecular complexity index is 720. The summed E-state index contributed by atoms with van der Waals surface area (Å²) in [7, 11) is -3.54. The third kappa shape index (κ3) is 5.49. The number of carbonyl (C=O) groups excluding carboxylic acids is 1. The number of fused-ring (bicyclic) bond motifs is 1. The van der Waals surface area contributed by atoms with Gasteiger partial charge in [0.1, 0.15) is 13.2 Å². The van der Waals surface area contributed by atoms with Crippen molar-refractivity contribution in [1.29, 1.82) is 0 Å². The highest BCUT2D eigenvalue weighted by Gasteiger charge is 2.21. The van der Waals surface area contributed by atoms with Crippen molar-refractivity contribution in [3.63, 3.8) is 0 Å². The Hall–Kier alpha value is -1.51. The lowest BCUT2D eigenvalue weighted by Gasteiger charge is -2.22. The van der Waals surface area contributed by atoms with Crippen LogP contribution >= 0.6 is 12.4 Å². The monoisotopic (exact) mass is 404 g/mol. The van der Waals surface area contributed by atoms with Crippen molar-refractivity contribution in [3.05, 3.63) is 18.2 Å². The van der Waals surface area contributed by atoms with E-state index in [-0.39, 0.29) is 35.4 Å². The van der Waals surface area contributed by atoms with Gasteiger partial charge >= 0.3 is 0 Å². The Balaban J connectivity index is 0.00000243. The zero-order chi connectivity index (χ0) is 17.7. The number of carbonyl (C=O) groups is 1. The molecule has 3 rings (SSSR count). The average molecular weight is 405 g/mol. The van der Waals surface area contributed by atoms with Crippen LogP contribution in [0, 0.1) is 5.92 Å². The molecule has 146 valence electrons. The first kappa shape index (κ1) is 20.8. The van der Waals surface area contributed by atoms with Crippen LogP contribution in [0.15, 0.2) is 23.1 Å². The number of hydrogen-bond donors (Lipinski definition) is 2. The molecule has 2 aliphatic heterocycles. The molecule has 2 N–H and O–H groups in total. The van der Waals surface area contributed by atoms with Crippen molar-refractivity contribution in [3.8, 4) is 11.5 Å². The van der Waals surface area contributed by atoms with Crippen LogP contribution < -0.4 is 20.1 Å². The minimum atomic E-state index is -3.54. The van der Waals surface area contributed by atoms with Gasteiger partial charge in [-0.1, -0.05) is 0 Å². The lowest BCUT2D eigenvalue weighted by atomic mass is 10.00. The average Bonchev–Trinajstić information content (AvgIpc) is 2.65. The summed E-state index contributed by atoms with van der Waals surface area (Å²) in [6.07, 6.45) is 2.15. The van der Waals surface area contributed by atoms with Gasteiger partial charge in [0, 0.05) is 19.0 Å². The van der Waals surface area contributed by atoms with E-state index >= 15 is 0 Å². The lowest BCUT2D eigenvalue weighted by Crippen LogP contribution is -2.38. The fraction of sp³-hybridized carbons (Fsp3) is 0.588. The molecule has 1 amide bonds. The van der Waals surface area contributed by atoms with Gasteiger partial charge in [-0.3, -0.25) is 4.79 Å². The van der Waals surface area contributed by atoms with Gasteiger partial charge in [0.2, 0.25) is 5.91 Å². The van der Waals surface area contributed by atoms with Gasteiger partial charge in [-0.2, -0.15) is 0 Å². The molecule has 1 unspecified atom stereocenters. The van der Waals surface area contributed by atoms with E-state index < -0.39 is 9.84 Å². The van der Waals surface area contributed by atoms with Crippen LogP contribution in [0.2, 0.25) is 0 Å². The van der Waals surface area contributed by atoms with Gasteiger partial charge in [-0.15, -0.1) is 12.4 Å². The molecular formula is C17H25ClN2O5S. The van der Waals surface area contributed by atoms with Crippen LogP contribution in [0.5, 0.6) is 11.5 Å². The van der Waals surface area contributed by atoms with Crippen molar-refractivity contribution in [1.82, 2.24) is 10.6 Å². The minimum Gasteiger partial charge on any atom is -0.486 e. The normalized spacial score (nSPS) is 19.3. The smallest absolute Gasteiger partial charge is 0.221 e. The number of rotatable bonds is 6. The number of piperidine rings is 1. The molecule has 2 heterocycles. The SMILES string of the molecule is Cl.O=C(CCS(=O)(=O)c1ccc2c(c1)OCCO2)NCC1CCCNC1. The number of sulfone groups is 1. The maximum absolute atomic E-state index is 12.4. The van der Waals surface area contributed by atoms with Crippen LogP contribution in [-0.2, 0) is 14.6 Å². The number of hydrogen-bond acceptors (Lipinski definition) is 6. The summed E-state index contributed by atoms with van der Waals surface area (Å²) < 4.78 is 35.7. The molecule has 1 atom stereocenters. The zero-order valence-electron chi connectivity index (χ0n) is 14.5. The van der Waals surface area contributed by atoms with E-state index in [0.29, 0.717) is 37.2 Å². The predicted octanol–water partition coefficient (Wildman–Crippen LogP) is 1.16. The molecule has 1 saturated heterocycles.